The first kappa shape index (κ1) is 23.2. The van der Waals surface area contributed by atoms with Crippen LogP contribution in [0.3, 0.4) is 0 Å². The summed E-state index contributed by atoms with van der Waals surface area (Å²) in [4.78, 5) is 63.6. The fourth-order valence-corrected chi connectivity index (χ4v) is 0. The molecule has 0 saturated heterocycles. The summed E-state index contributed by atoms with van der Waals surface area (Å²) in [6.07, 6.45) is 0. The fraction of sp³-hybridized carbons (Fsp3) is 0. The maximum Gasteiger partial charge on any atom is 2.00 e. The van der Waals surface area contributed by atoms with E-state index in [2.05, 4.69) is 0 Å². The predicted octanol–water partition coefficient (Wildman–Crippen LogP) is -7.75. The van der Waals surface area contributed by atoms with E-state index in [1.807, 2.05) is 0 Å². The number of hydrogen-bond acceptors (Lipinski definition) is 8. The zero-order valence-electron chi connectivity index (χ0n) is 5.04. The van der Waals surface area contributed by atoms with E-state index >= 15 is 0 Å². The molecule has 0 rings (SSSR count). The van der Waals surface area contributed by atoms with E-state index in [0.29, 0.717) is 0 Å². The minimum atomic E-state index is -5.61. The average molecular weight is 310 g/mol. The van der Waals surface area contributed by atoms with Gasteiger partial charge in [0.2, 0.25) is 0 Å². The van der Waals surface area contributed by atoms with Gasteiger partial charge < -0.3 is 47.4 Å². The van der Waals surface area contributed by atoms with Crippen molar-refractivity contribution in [3.63, 3.8) is 0 Å². The zero-order valence-corrected chi connectivity index (χ0v) is 8.97. The van der Waals surface area contributed by atoms with Gasteiger partial charge in [-0.25, -0.2) is 0 Å². The Hall–Kier alpha value is 1.13. The zero-order chi connectivity index (χ0) is 9.00. The molecule has 8 nitrogen and oxygen atoms in total. The van der Waals surface area contributed by atoms with Gasteiger partial charge >= 0.3 is 42.6 Å². The van der Waals surface area contributed by atoms with Crippen LogP contribution >= 0.6 is 0 Å². The van der Waals surface area contributed by atoms with Crippen LogP contribution in [0.1, 0.15) is 0 Å². The third-order valence-electron chi connectivity index (χ3n) is 0. The average Bonchev–Trinajstić information content (AvgIpc) is 1.12. The van der Waals surface area contributed by atoms with Crippen LogP contribution in [0.15, 0.2) is 0 Å². The molecule has 0 amide bonds. The van der Waals surface area contributed by atoms with Crippen molar-refractivity contribution in [2.24, 2.45) is 0 Å². The molecule has 0 aromatic rings. The largest absolute Gasteiger partial charge is 2.00 e. The van der Waals surface area contributed by atoms with E-state index in [9.17, 15) is 0 Å². The summed E-state index contributed by atoms with van der Waals surface area (Å²) in [6.45, 7) is 0. The first-order chi connectivity index (χ1) is 4.00. The molecule has 0 atom stereocenters. The second-order valence-corrected chi connectivity index (χ2v) is 3.30. The monoisotopic (exact) mass is 309 g/mol. The third kappa shape index (κ3) is 899. The van der Waals surface area contributed by atoms with Crippen molar-refractivity contribution >= 4 is 18.1 Å². The molecule has 0 aliphatic carbocycles. The van der Waals surface area contributed by atoms with Crippen LogP contribution in [0, 0.1) is 0 Å². The summed E-state index contributed by atoms with van der Waals surface area (Å²) in [5.74, 6) is 0. The second-order valence-electron chi connectivity index (χ2n) is 1.10. The molecule has 0 bridgehead atoms. The van der Waals surface area contributed by atoms with Gasteiger partial charge in [-0.15, -0.1) is 0 Å². The van der Waals surface area contributed by atoms with Crippen molar-refractivity contribution in [3.8, 4) is 0 Å². The van der Waals surface area contributed by atoms with Crippen LogP contribution in [0.5, 0.6) is 0 Å². The molecule has 0 heterocycles. The van der Waals surface area contributed by atoms with Crippen LogP contribution in [-0.4, -0.2) is 37.3 Å². The molecule has 0 aliphatic rings. The van der Waals surface area contributed by atoms with E-state index in [-0.39, 0.29) is 33.6 Å². The Bertz CT molecular complexity index is 60.0. The molecule has 0 aromatic heterocycles. The van der Waals surface area contributed by atoms with Crippen LogP contribution in [0.2, 0.25) is 0 Å². The normalized spacial score (nSPS) is 10.0. The summed E-state index contributed by atoms with van der Waals surface area (Å²) < 4.78 is 0. The predicted molar refractivity (Wildman–Crippen MR) is 20.4 cm³/mol. The third-order valence-corrected chi connectivity index (χ3v) is 0. The van der Waals surface area contributed by atoms with E-state index in [0.717, 1.165) is 0 Å². The maximum atomic E-state index is 8.58. The molecule has 81 valence electrons. The van der Waals surface area contributed by atoms with Crippen LogP contribution in [0.25, 0.3) is 0 Å². The molecule has 0 unspecified atom stereocenters. The van der Waals surface area contributed by atoms with Crippen molar-refractivity contribution in [2.75, 3.05) is 0 Å². The van der Waals surface area contributed by atoms with Gasteiger partial charge in [-0.1, -0.05) is 0 Å². The molecule has 1 radical (unpaired) electrons. The van der Waals surface area contributed by atoms with Crippen molar-refractivity contribution in [2.45, 2.75) is 0 Å². The summed E-state index contributed by atoms with van der Waals surface area (Å²) in [5, 5.41) is 0. The van der Waals surface area contributed by atoms with Gasteiger partial charge in [-0.2, -0.15) is 0 Å². The Labute approximate surface area is 90.1 Å². The van der Waals surface area contributed by atoms with E-state index < -0.39 is 18.1 Å². The van der Waals surface area contributed by atoms with Crippen LogP contribution < -0.4 is 19.2 Å². The summed E-state index contributed by atoms with van der Waals surface area (Å²) in [5.41, 5.74) is 0. The Morgan fingerprint density at radius 2 is 0.750 bits per heavy atom. The molecule has 0 aromatic carbocycles. The maximum absolute atomic E-state index is 8.58. The van der Waals surface area contributed by atoms with E-state index in [4.69, 9.17) is 38.4 Å². The molecule has 0 fully saturated rings. The van der Waals surface area contributed by atoms with Crippen molar-refractivity contribution in [1.82, 2.24) is 0 Å². The molecule has 12 heteroatoms. The van der Waals surface area contributed by atoms with E-state index in [1.54, 1.807) is 0 Å². The van der Waals surface area contributed by atoms with Crippen molar-refractivity contribution in [3.05, 3.63) is 0 Å². The Morgan fingerprint density at radius 3 is 0.750 bits per heavy atom. The first-order valence-electron chi connectivity index (χ1n) is 1.71. The minimum Gasteiger partial charge on any atom is -0.894 e. The summed E-state index contributed by atoms with van der Waals surface area (Å²) >= 11 is 0. The topological polar surface area (TPSA) is 173 Å². The van der Waals surface area contributed by atoms with Crippen molar-refractivity contribution in [1.29, 1.82) is 0 Å². The molecule has 4 N–H and O–H groups in total. The molecular weight excluding hydrogens is 306 g/mol. The standard InChI is InChI=1S/Cu.Ni.H4O4Si.O4Si/c;;2*1-5(2,3)4/h;;1-4H;/q2*+2;;-4. The fourth-order valence-electron chi connectivity index (χ4n) is 0. The second kappa shape index (κ2) is 8.71. The molecule has 0 saturated carbocycles. The SMILES string of the molecule is O[Si](O)(O)O.[Cu+2].[Ni+2].[O-][Si]([O-])([O-])[O-]. The summed E-state index contributed by atoms with van der Waals surface area (Å²) in [7, 11) is -10.2. The van der Waals surface area contributed by atoms with Crippen LogP contribution in [0.4, 0.5) is 0 Å². The first-order valence-corrected chi connectivity index (χ1v) is 5.13. The summed E-state index contributed by atoms with van der Waals surface area (Å²) in [6, 6.07) is 0. The van der Waals surface area contributed by atoms with Crippen molar-refractivity contribution < 1.29 is 71.9 Å². The number of hydrogen-bond donors (Lipinski definition) is 4. The Balaban J connectivity index is -0.0000000457. The Morgan fingerprint density at radius 1 is 0.750 bits per heavy atom. The molecule has 12 heavy (non-hydrogen) atoms. The van der Waals surface area contributed by atoms with Gasteiger partial charge in [0.05, 0.1) is 0 Å². The van der Waals surface area contributed by atoms with Gasteiger partial charge in [0.25, 0.3) is 0 Å². The van der Waals surface area contributed by atoms with E-state index in [1.165, 1.54) is 0 Å². The molecule has 0 aliphatic heterocycles. The van der Waals surface area contributed by atoms with Gasteiger partial charge in [-0.3, -0.25) is 0 Å². The quantitative estimate of drug-likeness (QED) is 0.319. The van der Waals surface area contributed by atoms with Gasteiger partial charge in [-0.05, 0) is 0 Å². The van der Waals surface area contributed by atoms with Gasteiger partial charge in [0.1, 0.15) is 0 Å². The smallest absolute Gasteiger partial charge is 0.894 e. The molecular formula is H4CuNiO8Si2. The van der Waals surface area contributed by atoms with Crippen LogP contribution in [-0.2, 0) is 33.6 Å². The molecule has 0 spiro atoms. The number of rotatable bonds is 0. The Kier molecular flexibility index (Phi) is 16.8. The minimum absolute atomic E-state index is 0. The van der Waals surface area contributed by atoms with Gasteiger partial charge in [0, 0.05) is 0 Å². The van der Waals surface area contributed by atoms with Gasteiger partial charge in [0.15, 0.2) is 0 Å².